The predicted molar refractivity (Wildman–Crippen MR) is 69.7 cm³/mol. The van der Waals surface area contributed by atoms with Crippen LogP contribution in [0, 0.1) is 0 Å². The molecule has 3 heterocycles. The van der Waals surface area contributed by atoms with E-state index in [-0.39, 0.29) is 0 Å². The molecule has 5 heteroatoms. The fourth-order valence-corrected chi connectivity index (χ4v) is 2.34. The van der Waals surface area contributed by atoms with E-state index >= 15 is 0 Å². The number of hydrogen-bond donors (Lipinski definition) is 0. The Balaban J connectivity index is 1.74. The van der Waals surface area contributed by atoms with E-state index < -0.39 is 5.97 Å². The molecule has 2 aliphatic heterocycles. The Labute approximate surface area is 111 Å². The number of methoxy groups -OCH3 is 1. The molecule has 0 saturated carbocycles. The predicted octanol–water partition coefficient (Wildman–Crippen LogP) is 0.966. The molecule has 5 nitrogen and oxygen atoms in total. The van der Waals surface area contributed by atoms with Crippen LogP contribution in [0.25, 0.3) is 5.57 Å². The summed E-state index contributed by atoms with van der Waals surface area (Å²) in [4.78, 5) is 17.9. The molecule has 0 aromatic carbocycles. The highest BCUT2D eigenvalue weighted by molar-refractivity contribution is 5.88. The summed E-state index contributed by atoms with van der Waals surface area (Å²) < 4.78 is 9.91. The van der Waals surface area contributed by atoms with E-state index in [0.717, 1.165) is 31.9 Å². The van der Waals surface area contributed by atoms with Crippen LogP contribution < -0.4 is 0 Å². The summed E-state index contributed by atoms with van der Waals surface area (Å²) in [7, 11) is 1.36. The van der Waals surface area contributed by atoms with Crippen molar-refractivity contribution in [3.05, 3.63) is 35.7 Å². The number of carbonyl (C=O) groups is 1. The third kappa shape index (κ3) is 2.39. The number of ether oxygens (including phenoxy) is 2. The van der Waals surface area contributed by atoms with Crippen molar-refractivity contribution < 1.29 is 14.3 Å². The van der Waals surface area contributed by atoms with E-state index in [9.17, 15) is 4.79 Å². The molecule has 0 atom stereocenters. The molecule has 0 N–H and O–H groups in total. The Bertz CT molecular complexity index is 523. The number of nitrogens with zero attached hydrogens (tertiary/aromatic N) is 2. The highest BCUT2D eigenvalue weighted by Gasteiger charge is 2.29. The van der Waals surface area contributed by atoms with Crippen LogP contribution in [0.1, 0.15) is 16.1 Å². The molecule has 0 spiro atoms. The topological polar surface area (TPSA) is 51.7 Å². The minimum Gasteiger partial charge on any atom is -0.464 e. The standard InChI is InChI=1S/C14H16N2O3/c1-18-14(17)13-6-10(2-4-15-13)11-3-5-16(7-11)12-8-19-9-12/h2-4,6,12H,5,7-9H2,1H3. The lowest BCUT2D eigenvalue weighted by Crippen LogP contribution is -2.47. The molecule has 1 fully saturated rings. The molecule has 3 rings (SSSR count). The third-order valence-corrected chi connectivity index (χ3v) is 3.61. The van der Waals surface area contributed by atoms with Crippen LogP contribution in [-0.2, 0) is 9.47 Å². The first-order chi connectivity index (χ1) is 9.28. The number of carbonyl (C=O) groups excluding carboxylic acids is 1. The molecular formula is C14H16N2O3. The minimum absolute atomic E-state index is 0.353. The maximum Gasteiger partial charge on any atom is 0.356 e. The van der Waals surface area contributed by atoms with Crippen molar-refractivity contribution in [2.75, 3.05) is 33.4 Å². The first kappa shape index (κ1) is 12.3. The smallest absolute Gasteiger partial charge is 0.356 e. The minimum atomic E-state index is -0.398. The van der Waals surface area contributed by atoms with E-state index in [0.29, 0.717) is 11.7 Å². The van der Waals surface area contributed by atoms with E-state index in [1.54, 1.807) is 12.3 Å². The first-order valence-corrected chi connectivity index (χ1v) is 6.33. The fraction of sp³-hybridized carbons (Fsp3) is 0.429. The third-order valence-electron chi connectivity index (χ3n) is 3.61. The molecule has 0 radical (unpaired) electrons. The zero-order valence-electron chi connectivity index (χ0n) is 10.8. The molecule has 100 valence electrons. The number of aromatic nitrogens is 1. The normalized spacial score (nSPS) is 19.9. The summed E-state index contributed by atoms with van der Waals surface area (Å²) in [5.74, 6) is -0.398. The quantitative estimate of drug-likeness (QED) is 0.758. The summed E-state index contributed by atoms with van der Waals surface area (Å²) in [5.41, 5.74) is 2.63. The number of pyridine rings is 1. The van der Waals surface area contributed by atoms with Gasteiger partial charge in [-0.2, -0.15) is 0 Å². The van der Waals surface area contributed by atoms with Gasteiger partial charge in [0, 0.05) is 19.3 Å². The molecule has 0 unspecified atom stereocenters. The summed E-state index contributed by atoms with van der Waals surface area (Å²) >= 11 is 0. The van der Waals surface area contributed by atoms with Crippen LogP contribution in [0.4, 0.5) is 0 Å². The molecule has 1 aromatic rings. The Kier molecular flexibility index (Phi) is 3.31. The van der Waals surface area contributed by atoms with E-state index in [1.165, 1.54) is 12.7 Å². The first-order valence-electron chi connectivity index (χ1n) is 6.33. The van der Waals surface area contributed by atoms with Crippen molar-refractivity contribution in [3.63, 3.8) is 0 Å². The van der Waals surface area contributed by atoms with Crippen LogP contribution >= 0.6 is 0 Å². The van der Waals surface area contributed by atoms with Gasteiger partial charge >= 0.3 is 5.97 Å². The number of hydrogen-bond acceptors (Lipinski definition) is 5. The van der Waals surface area contributed by atoms with Crippen molar-refractivity contribution in [3.8, 4) is 0 Å². The van der Waals surface area contributed by atoms with Gasteiger partial charge in [-0.05, 0) is 23.3 Å². The molecule has 0 bridgehead atoms. The van der Waals surface area contributed by atoms with Crippen LogP contribution in [0.2, 0.25) is 0 Å². The van der Waals surface area contributed by atoms with Gasteiger partial charge < -0.3 is 9.47 Å². The van der Waals surface area contributed by atoms with E-state index in [2.05, 4.69) is 16.0 Å². The van der Waals surface area contributed by atoms with Gasteiger partial charge in [-0.15, -0.1) is 0 Å². The van der Waals surface area contributed by atoms with Crippen molar-refractivity contribution in [2.45, 2.75) is 6.04 Å². The van der Waals surface area contributed by atoms with E-state index in [4.69, 9.17) is 9.47 Å². The highest BCUT2D eigenvalue weighted by atomic mass is 16.5. The van der Waals surface area contributed by atoms with E-state index in [1.807, 2.05) is 6.07 Å². The summed E-state index contributed by atoms with van der Waals surface area (Å²) in [6.07, 6.45) is 3.85. The Hall–Kier alpha value is -1.72. The Morgan fingerprint density at radius 2 is 2.37 bits per heavy atom. The zero-order chi connectivity index (χ0) is 13.2. The second-order valence-electron chi connectivity index (χ2n) is 4.77. The van der Waals surface area contributed by atoms with Crippen molar-refractivity contribution in [1.29, 1.82) is 0 Å². The monoisotopic (exact) mass is 260 g/mol. The average Bonchev–Trinajstić information content (AvgIpc) is 2.85. The Morgan fingerprint density at radius 1 is 1.53 bits per heavy atom. The second kappa shape index (κ2) is 5.11. The van der Waals surface area contributed by atoms with Gasteiger partial charge in [0.1, 0.15) is 5.69 Å². The van der Waals surface area contributed by atoms with Gasteiger partial charge in [-0.25, -0.2) is 9.78 Å². The van der Waals surface area contributed by atoms with Gasteiger partial charge in [0.25, 0.3) is 0 Å². The highest BCUT2D eigenvalue weighted by Crippen LogP contribution is 2.24. The molecule has 0 amide bonds. The molecule has 19 heavy (non-hydrogen) atoms. The van der Waals surface area contributed by atoms with Crippen LogP contribution in [-0.4, -0.2) is 55.3 Å². The Morgan fingerprint density at radius 3 is 3.05 bits per heavy atom. The molecule has 0 aliphatic carbocycles. The van der Waals surface area contributed by atoms with Crippen LogP contribution in [0.5, 0.6) is 0 Å². The van der Waals surface area contributed by atoms with Gasteiger partial charge in [0.15, 0.2) is 0 Å². The van der Waals surface area contributed by atoms with Crippen LogP contribution in [0.3, 0.4) is 0 Å². The van der Waals surface area contributed by atoms with Gasteiger partial charge in [-0.3, -0.25) is 4.90 Å². The zero-order valence-corrected chi connectivity index (χ0v) is 10.8. The number of rotatable bonds is 3. The maximum absolute atomic E-state index is 11.5. The molecule has 1 saturated heterocycles. The van der Waals surface area contributed by atoms with Crippen molar-refractivity contribution >= 4 is 11.5 Å². The van der Waals surface area contributed by atoms with Crippen LogP contribution in [0.15, 0.2) is 24.4 Å². The maximum atomic E-state index is 11.5. The lowest BCUT2D eigenvalue weighted by Gasteiger charge is -2.34. The summed E-state index contributed by atoms with van der Waals surface area (Å²) in [5, 5.41) is 0. The van der Waals surface area contributed by atoms with Gasteiger partial charge in [-0.1, -0.05) is 6.08 Å². The van der Waals surface area contributed by atoms with Crippen molar-refractivity contribution in [1.82, 2.24) is 9.88 Å². The number of esters is 1. The molecule has 2 aliphatic rings. The fourth-order valence-electron chi connectivity index (χ4n) is 2.34. The average molecular weight is 260 g/mol. The van der Waals surface area contributed by atoms with Crippen molar-refractivity contribution in [2.24, 2.45) is 0 Å². The summed E-state index contributed by atoms with van der Waals surface area (Å²) in [6, 6.07) is 4.26. The van der Waals surface area contributed by atoms with Gasteiger partial charge in [0.2, 0.25) is 0 Å². The lowest BCUT2D eigenvalue weighted by molar-refractivity contribution is -0.0547. The largest absolute Gasteiger partial charge is 0.464 e. The SMILES string of the molecule is COC(=O)c1cc(C2=CCN(C3COC3)C2)ccn1. The van der Waals surface area contributed by atoms with Gasteiger partial charge in [0.05, 0.1) is 26.4 Å². The molecule has 1 aromatic heterocycles. The second-order valence-corrected chi connectivity index (χ2v) is 4.77. The molecular weight excluding hydrogens is 244 g/mol. The summed E-state index contributed by atoms with van der Waals surface area (Å²) in [6.45, 7) is 3.49. The lowest BCUT2D eigenvalue weighted by atomic mass is 10.1.